The molecule has 0 spiro atoms. The van der Waals surface area contributed by atoms with Gasteiger partial charge in [0.05, 0.1) is 18.1 Å². The van der Waals surface area contributed by atoms with Crippen molar-refractivity contribution in [3.05, 3.63) is 69.9 Å². The number of piperazine rings is 1. The highest BCUT2D eigenvalue weighted by Gasteiger charge is 2.32. The minimum Gasteiger partial charge on any atom is -0.365 e. The molecule has 2 heterocycles. The third-order valence-electron chi connectivity index (χ3n) is 5.29. The summed E-state index contributed by atoms with van der Waals surface area (Å²) < 4.78 is 67.9. The Morgan fingerprint density at radius 3 is 2.62 bits per heavy atom. The van der Waals surface area contributed by atoms with Gasteiger partial charge in [-0.15, -0.1) is 0 Å². The number of hydrogen-bond donors (Lipinski definition) is 1. The van der Waals surface area contributed by atoms with E-state index in [-0.39, 0.29) is 43.9 Å². The van der Waals surface area contributed by atoms with Crippen molar-refractivity contribution in [3.8, 4) is 0 Å². The molecule has 12 heteroatoms. The van der Waals surface area contributed by atoms with Crippen LogP contribution in [0.2, 0.25) is 5.02 Å². The number of carbonyl (C=O) groups excluding carboxylic acids is 1. The topological polar surface area (TPSA) is 62.5 Å². The molecular weight excluding hydrogens is 498 g/mol. The fourth-order valence-corrected chi connectivity index (χ4v) is 4.05. The van der Waals surface area contributed by atoms with Crippen LogP contribution in [0.25, 0.3) is 6.08 Å². The molecule has 184 valence electrons. The van der Waals surface area contributed by atoms with Gasteiger partial charge in [0.25, 0.3) is 5.66 Å². The van der Waals surface area contributed by atoms with Crippen LogP contribution in [0, 0.1) is 17.5 Å². The average Bonchev–Trinajstić information content (AvgIpc) is 2.73. The second-order valence-electron chi connectivity index (χ2n) is 8.06. The lowest BCUT2D eigenvalue weighted by Gasteiger charge is -2.39. The Morgan fingerprint density at radius 2 is 1.94 bits per heavy atom. The van der Waals surface area contributed by atoms with Gasteiger partial charge in [-0.1, -0.05) is 20.8 Å². The summed E-state index contributed by atoms with van der Waals surface area (Å²) in [4.78, 5) is 19.7. The van der Waals surface area contributed by atoms with Crippen molar-refractivity contribution in [1.82, 2.24) is 14.8 Å². The quantitative estimate of drug-likeness (QED) is 0.340. The predicted molar refractivity (Wildman–Crippen MR) is 123 cm³/mol. The average molecular weight is 521 g/mol. The zero-order chi connectivity index (χ0) is 25.0. The van der Waals surface area contributed by atoms with Crippen molar-refractivity contribution in [2.75, 3.05) is 26.2 Å². The number of halogens is 6. The summed E-state index contributed by atoms with van der Waals surface area (Å²) in [5.41, 5.74) is 3.81. The maximum absolute atomic E-state index is 13.9. The maximum Gasteiger partial charge on any atom is 0.275 e. The number of benzene rings is 1. The summed E-state index contributed by atoms with van der Waals surface area (Å²) in [6.45, 7) is -0.210. The highest BCUT2D eigenvalue weighted by atomic mass is 35.5. The maximum atomic E-state index is 13.9. The number of pyridine rings is 1. The molecule has 5 nitrogen and oxygen atoms in total. The Hall–Kier alpha value is -2.29. The van der Waals surface area contributed by atoms with Crippen molar-refractivity contribution < 1.29 is 26.7 Å². The van der Waals surface area contributed by atoms with Gasteiger partial charge >= 0.3 is 0 Å². The monoisotopic (exact) mass is 520 g/mol. The molecule has 1 fully saturated rings. The van der Waals surface area contributed by atoms with Gasteiger partial charge in [0.1, 0.15) is 5.82 Å². The third-order valence-corrected chi connectivity index (χ3v) is 5.79. The van der Waals surface area contributed by atoms with Gasteiger partial charge in [-0.3, -0.25) is 9.78 Å². The van der Waals surface area contributed by atoms with Crippen molar-refractivity contribution in [1.29, 1.82) is 0 Å². The molecule has 0 radical (unpaired) electrons. The van der Waals surface area contributed by atoms with E-state index in [1.807, 2.05) is 0 Å². The molecular formula is C22H23ClF5N4OP. The van der Waals surface area contributed by atoms with E-state index in [1.165, 1.54) is 31.4 Å². The number of nitrogens with two attached hydrogens (primary N) is 1. The van der Waals surface area contributed by atoms with E-state index in [0.717, 1.165) is 6.07 Å². The Kier molecular flexibility index (Phi) is 8.49. The minimum atomic E-state index is -3.04. The highest BCUT2D eigenvalue weighted by molar-refractivity contribution is 7.18. The second kappa shape index (κ2) is 11.0. The second-order valence-corrected chi connectivity index (χ2v) is 9.31. The standard InChI is InChI=1S/C22H23ClF5N4OP/c23-17-10-30-2-1-13(17)6-16-11-31(3-4-32(16)12-22(27,28)34)21(33)8-15(29)5-14-7-19(25)20(26)9-18(14)24/h1-2,6-7,9-10,15H,3-5,8,11-12,29,34H2/b16-6+. The van der Waals surface area contributed by atoms with E-state index in [0.29, 0.717) is 22.3 Å². The van der Waals surface area contributed by atoms with Crippen LogP contribution in [0.5, 0.6) is 0 Å². The summed E-state index contributed by atoms with van der Waals surface area (Å²) in [5, 5.41) is 0.326. The van der Waals surface area contributed by atoms with Gasteiger partial charge in [0.15, 0.2) is 11.6 Å². The molecule has 3 rings (SSSR count). The fourth-order valence-electron chi connectivity index (χ4n) is 3.66. The SMILES string of the molecule is NC(CC(=O)N1CCN(CC(F)(F)P)/C(=C/c2ccncc2Cl)C1)Cc1cc(F)c(F)cc1F. The summed E-state index contributed by atoms with van der Waals surface area (Å²) in [5.74, 6) is -3.84. The molecule has 1 aromatic carbocycles. The zero-order valence-electron chi connectivity index (χ0n) is 18.0. The Bertz CT molecular complexity index is 1080. The smallest absolute Gasteiger partial charge is 0.275 e. The molecule has 2 N–H and O–H groups in total. The number of hydrogen-bond acceptors (Lipinski definition) is 4. The highest BCUT2D eigenvalue weighted by Crippen LogP contribution is 2.28. The van der Waals surface area contributed by atoms with Gasteiger partial charge < -0.3 is 15.5 Å². The normalized spacial score (nSPS) is 16.8. The molecule has 0 saturated carbocycles. The van der Waals surface area contributed by atoms with Gasteiger partial charge in [0, 0.05) is 49.7 Å². The van der Waals surface area contributed by atoms with Crippen molar-refractivity contribution in [2.24, 2.45) is 5.73 Å². The van der Waals surface area contributed by atoms with Crippen LogP contribution in [-0.4, -0.2) is 58.6 Å². The number of carbonyl (C=O) groups is 1. The van der Waals surface area contributed by atoms with Crippen molar-refractivity contribution in [2.45, 2.75) is 24.5 Å². The fraction of sp³-hybridized carbons (Fsp3) is 0.364. The summed E-state index contributed by atoms with van der Waals surface area (Å²) >= 11 is 6.15. The number of alkyl halides is 2. The molecule has 1 saturated heterocycles. The first kappa shape index (κ1) is 26.3. The van der Waals surface area contributed by atoms with Crippen LogP contribution < -0.4 is 5.73 Å². The van der Waals surface area contributed by atoms with Crippen molar-refractivity contribution in [3.63, 3.8) is 0 Å². The molecule has 1 amide bonds. The molecule has 2 aromatic rings. The lowest BCUT2D eigenvalue weighted by molar-refractivity contribution is -0.132. The Morgan fingerprint density at radius 1 is 1.24 bits per heavy atom. The first-order valence-electron chi connectivity index (χ1n) is 10.3. The number of nitrogens with zero attached hydrogens (tertiary/aromatic N) is 3. The van der Waals surface area contributed by atoms with E-state index < -0.39 is 35.7 Å². The van der Waals surface area contributed by atoms with Gasteiger partial charge in [0.2, 0.25) is 5.91 Å². The van der Waals surface area contributed by atoms with Crippen LogP contribution in [0.15, 0.2) is 36.3 Å². The summed E-state index contributed by atoms with van der Waals surface area (Å²) in [6, 6.07) is 1.92. The molecule has 0 aliphatic carbocycles. The number of rotatable bonds is 7. The zero-order valence-corrected chi connectivity index (χ0v) is 19.9. The summed E-state index contributed by atoms with van der Waals surface area (Å²) in [6.07, 6.45) is 4.18. The van der Waals surface area contributed by atoms with Crippen LogP contribution in [-0.2, 0) is 11.2 Å². The third kappa shape index (κ3) is 7.10. The lowest BCUT2D eigenvalue weighted by Crippen LogP contribution is -2.50. The molecule has 1 aromatic heterocycles. The molecule has 34 heavy (non-hydrogen) atoms. The van der Waals surface area contributed by atoms with Gasteiger partial charge in [-0.2, -0.15) is 0 Å². The van der Waals surface area contributed by atoms with Gasteiger partial charge in [-0.05, 0) is 35.8 Å². The molecule has 2 atom stereocenters. The number of aromatic nitrogens is 1. The van der Waals surface area contributed by atoms with E-state index in [4.69, 9.17) is 17.3 Å². The van der Waals surface area contributed by atoms with Crippen LogP contribution in [0.4, 0.5) is 22.0 Å². The van der Waals surface area contributed by atoms with Gasteiger partial charge in [-0.25, -0.2) is 22.0 Å². The minimum absolute atomic E-state index is 0.0322. The van der Waals surface area contributed by atoms with E-state index >= 15 is 0 Å². The Labute approximate surface area is 201 Å². The lowest BCUT2D eigenvalue weighted by atomic mass is 10.0. The van der Waals surface area contributed by atoms with E-state index in [1.54, 1.807) is 12.1 Å². The Balaban J connectivity index is 1.72. The number of amides is 1. The largest absolute Gasteiger partial charge is 0.365 e. The van der Waals surface area contributed by atoms with Crippen LogP contribution in [0.3, 0.4) is 0 Å². The first-order chi connectivity index (χ1) is 15.9. The van der Waals surface area contributed by atoms with Crippen LogP contribution in [0.1, 0.15) is 17.5 Å². The van der Waals surface area contributed by atoms with Crippen LogP contribution >= 0.6 is 20.8 Å². The molecule has 0 bridgehead atoms. The van der Waals surface area contributed by atoms with E-state index in [9.17, 15) is 26.7 Å². The van der Waals surface area contributed by atoms with Crippen molar-refractivity contribution >= 4 is 32.8 Å². The molecule has 1 aliphatic rings. The summed E-state index contributed by atoms with van der Waals surface area (Å²) in [7, 11) is 1.50. The van der Waals surface area contributed by atoms with E-state index in [2.05, 4.69) is 4.98 Å². The molecule has 1 aliphatic heterocycles. The first-order valence-corrected chi connectivity index (χ1v) is 11.3. The predicted octanol–water partition coefficient (Wildman–Crippen LogP) is 4.07. The molecule has 2 unspecified atom stereocenters.